The number of aliphatic imine (C=N–C) groups is 1. The molecule has 3 atom stereocenters. The SMILES string of the molecule is CN=C(NCc1ccc(C(=O)N2CC(C)OC(C)C2)cc1)NCC(C)Cc1cccs1. The molecule has 2 N–H and O–H groups in total. The number of thiophene rings is 1. The first-order valence-corrected chi connectivity index (χ1v) is 11.8. The first kappa shape index (κ1) is 23.3. The molecule has 1 aromatic heterocycles. The van der Waals surface area contributed by atoms with E-state index in [9.17, 15) is 4.79 Å². The Hall–Kier alpha value is -2.38. The van der Waals surface area contributed by atoms with Gasteiger partial charge >= 0.3 is 0 Å². The van der Waals surface area contributed by atoms with Gasteiger partial charge in [0.15, 0.2) is 5.96 Å². The molecule has 2 heterocycles. The van der Waals surface area contributed by atoms with Crippen molar-refractivity contribution in [2.45, 2.75) is 45.9 Å². The lowest BCUT2D eigenvalue weighted by Gasteiger charge is -2.35. The fraction of sp³-hybridized carbons (Fsp3) is 0.500. The fourth-order valence-corrected chi connectivity index (χ4v) is 4.68. The highest BCUT2D eigenvalue weighted by molar-refractivity contribution is 7.09. The van der Waals surface area contributed by atoms with Crippen LogP contribution in [0.2, 0.25) is 0 Å². The van der Waals surface area contributed by atoms with Gasteiger partial charge in [-0.3, -0.25) is 9.79 Å². The fourth-order valence-electron chi connectivity index (χ4n) is 3.81. The molecule has 168 valence electrons. The molecule has 3 rings (SSSR count). The second-order valence-corrected chi connectivity index (χ2v) is 9.39. The van der Waals surface area contributed by atoms with Crippen LogP contribution in [0.5, 0.6) is 0 Å². The lowest BCUT2D eigenvalue weighted by Crippen LogP contribution is -2.48. The third-order valence-corrected chi connectivity index (χ3v) is 6.24. The van der Waals surface area contributed by atoms with Crippen molar-refractivity contribution in [3.63, 3.8) is 0 Å². The van der Waals surface area contributed by atoms with Gasteiger partial charge in [-0.05, 0) is 55.3 Å². The van der Waals surface area contributed by atoms with Gasteiger partial charge in [-0.15, -0.1) is 11.3 Å². The third kappa shape index (κ3) is 7.08. The van der Waals surface area contributed by atoms with E-state index in [4.69, 9.17) is 4.74 Å². The van der Waals surface area contributed by atoms with Crippen LogP contribution in [-0.4, -0.2) is 55.7 Å². The summed E-state index contributed by atoms with van der Waals surface area (Å²) >= 11 is 1.80. The van der Waals surface area contributed by atoms with E-state index in [-0.39, 0.29) is 18.1 Å². The van der Waals surface area contributed by atoms with E-state index >= 15 is 0 Å². The smallest absolute Gasteiger partial charge is 0.254 e. The first-order valence-electron chi connectivity index (χ1n) is 10.9. The zero-order chi connectivity index (χ0) is 22.2. The van der Waals surface area contributed by atoms with Gasteiger partial charge in [0.2, 0.25) is 0 Å². The predicted molar refractivity (Wildman–Crippen MR) is 128 cm³/mol. The Bertz CT molecular complexity index is 841. The molecule has 31 heavy (non-hydrogen) atoms. The number of carbonyl (C=O) groups is 1. The number of amides is 1. The molecule has 3 unspecified atom stereocenters. The van der Waals surface area contributed by atoms with Crippen LogP contribution in [0.15, 0.2) is 46.8 Å². The minimum atomic E-state index is 0.0683. The number of carbonyl (C=O) groups excluding carboxylic acids is 1. The number of rotatable bonds is 7. The summed E-state index contributed by atoms with van der Waals surface area (Å²) in [5.41, 5.74) is 1.82. The van der Waals surface area contributed by atoms with Crippen molar-refractivity contribution in [3.05, 3.63) is 57.8 Å². The summed E-state index contributed by atoms with van der Waals surface area (Å²) in [5, 5.41) is 8.88. The zero-order valence-corrected chi connectivity index (χ0v) is 19.7. The van der Waals surface area contributed by atoms with Crippen molar-refractivity contribution >= 4 is 23.2 Å². The third-order valence-electron chi connectivity index (χ3n) is 5.34. The average Bonchev–Trinajstić information content (AvgIpc) is 3.26. The molecule has 2 aromatic rings. The number of benzene rings is 1. The maximum atomic E-state index is 12.8. The van der Waals surface area contributed by atoms with Gasteiger partial charge in [0, 0.05) is 43.7 Å². The van der Waals surface area contributed by atoms with Crippen molar-refractivity contribution in [2.24, 2.45) is 10.9 Å². The highest BCUT2D eigenvalue weighted by Crippen LogP contribution is 2.15. The van der Waals surface area contributed by atoms with Crippen LogP contribution >= 0.6 is 11.3 Å². The van der Waals surface area contributed by atoms with Crippen LogP contribution in [0.25, 0.3) is 0 Å². The Morgan fingerprint density at radius 1 is 1.19 bits per heavy atom. The summed E-state index contributed by atoms with van der Waals surface area (Å²) in [4.78, 5) is 20.4. The second kappa shape index (κ2) is 11.3. The summed E-state index contributed by atoms with van der Waals surface area (Å²) in [5.74, 6) is 1.38. The molecule has 0 bridgehead atoms. The molecule has 0 radical (unpaired) electrons. The molecule has 1 amide bonds. The number of nitrogens with one attached hydrogen (secondary N) is 2. The van der Waals surface area contributed by atoms with Gasteiger partial charge in [0.05, 0.1) is 12.2 Å². The summed E-state index contributed by atoms with van der Waals surface area (Å²) in [6.07, 6.45) is 1.21. The molecule has 7 heteroatoms. The Balaban J connectivity index is 1.46. The minimum Gasteiger partial charge on any atom is -0.372 e. The normalized spacial score (nSPS) is 20.4. The topological polar surface area (TPSA) is 66.0 Å². The molecule has 1 aromatic carbocycles. The standard InChI is InChI=1S/C24H34N4O2S/c1-17(12-22-6-5-11-31-22)13-26-24(25-4)27-14-20-7-9-21(10-8-20)23(29)28-15-18(2)30-19(3)16-28/h5-11,17-19H,12-16H2,1-4H3,(H2,25,26,27). The summed E-state index contributed by atoms with van der Waals surface area (Å²) < 4.78 is 5.73. The average molecular weight is 443 g/mol. The monoisotopic (exact) mass is 442 g/mol. The Labute approximate surface area is 189 Å². The molecule has 0 spiro atoms. The quantitative estimate of drug-likeness (QED) is 0.508. The number of ether oxygens (including phenoxy) is 1. The molecular formula is C24H34N4O2S. The van der Waals surface area contributed by atoms with E-state index in [1.165, 1.54) is 4.88 Å². The number of nitrogens with zero attached hydrogens (tertiary/aromatic N) is 2. The van der Waals surface area contributed by atoms with Crippen molar-refractivity contribution in [1.29, 1.82) is 0 Å². The van der Waals surface area contributed by atoms with Gasteiger partial charge in [0.1, 0.15) is 0 Å². The molecule has 0 aliphatic carbocycles. The van der Waals surface area contributed by atoms with Gasteiger partial charge in [-0.25, -0.2) is 0 Å². The Kier molecular flexibility index (Phi) is 8.49. The lowest BCUT2D eigenvalue weighted by atomic mass is 10.1. The van der Waals surface area contributed by atoms with Crippen LogP contribution < -0.4 is 10.6 Å². The molecule has 1 aliphatic rings. The molecule has 1 aliphatic heterocycles. The summed E-state index contributed by atoms with van der Waals surface area (Å²) in [6, 6.07) is 12.1. The summed E-state index contributed by atoms with van der Waals surface area (Å²) in [7, 11) is 1.78. The summed E-state index contributed by atoms with van der Waals surface area (Å²) in [6.45, 7) is 9.05. The maximum absolute atomic E-state index is 12.8. The van der Waals surface area contributed by atoms with Crippen molar-refractivity contribution in [2.75, 3.05) is 26.7 Å². The van der Waals surface area contributed by atoms with Crippen LogP contribution in [-0.2, 0) is 17.7 Å². The Morgan fingerprint density at radius 3 is 2.52 bits per heavy atom. The number of hydrogen-bond acceptors (Lipinski definition) is 4. The van der Waals surface area contributed by atoms with Crippen molar-refractivity contribution in [1.82, 2.24) is 15.5 Å². The molecular weight excluding hydrogens is 408 g/mol. The van der Waals surface area contributed by atoms with Crippen LogP contribution in [0, 0.1) is 5.92 Å². The van der Waals surface area contributed by atoms with Gasteiger partial charge in [0.25, 0.3) is 5.91 Å². The predicted octanol–water partition coefficient (Wildman–Crippen LogP) is 3.54. The molecule has 6 nitrogen and oxygen atoms in total. The highest BCUT2D eigenvalue weighted by atomic mass is 32.1. The van der Waals surface area contributed by atoms with Crippen LogP contribution in [0.4, 0.5) is 0 Å². The van der Waals surface area contributed by atoms with Gasteiger partial charge < -0.3 is 20.3 Å². The van der Waals surface area contributed by atoms with E-state index in [0.29, 0.717) is 25.6 Å². The number of morpholine rings is 1. The van der Waals surface area contributed by atoms with E-state index in [1.54, 1.807) is 18.4 Å². The Morgan fingerprint density at radius 2 is 1.90 bits per heavy atom. The number of hydrogen-bond donors (Lipinski definition) is 2. The van der Waals surface area contributed by atoms with E-state index < -0.39 is 0 Å². The second-order valence-electron chi connectivity index (χ2n) is 8.36. The zero-order valence-electron chi connectivity index (χ0n) is 18.9. The lowest BCUT2D eigenvalue weighted by molar-refractivity contribution is -0.0586. The van der Waals surface area contributed by atoms with Gasteiger partial charge in [-0.2, -0.15) is 0 Å². The van der Waals surface area contributed by atoms with E-state index in [1.807, 2.05) is 43.0 Å². The maximum Gasteiger partial charge on any atom is 0.254 e. The molecule has 1 saturated heterocycles. The van der Waals surface area contributed by atoms with E-state index in [0.717, 1.165) is 30.1 Å². The molecule has 0 saturated carbocycles. The molecule has 1 fully saturated rings. The van der Waals surface area contributed by atoms with Gasteiger partial charge in [-0.1, -0.05) is 25.1 Å². The minimum absolute atomic E-state index is 0.0683. The number of guanidine groups is 1. The van der Waals surface area contributed by atoms with Crippen molar-refractivity contribution < 1.29 is 9.53 Å². The van der Waals surface area contributed by atoms with Crippen molar-refractivity contribution in [3.8, 4) is 0 Å². The van der Waals surface area contributed by atoms with E-state index in [2.05, 4.69) is 40.1 Å². The van der Waals surface area contributed by atoms with Crippen LogP contribution in [0.3, 0.4) is 0 Å². The van der Waals surface area contributed by atoms with Crippen LogP contribution in [0.1, 0.15) is 41.6 Å². The largest absolute Gasteiger partial charge is 0.372 e. The highest BCUT2D eigenvalue weighted by Gasteiger charge is 2.26. The first-order chi connectivity index (χ1) is 14.9.